The van der Waals surface area contributed by atoms with Crippen LogP contribution in [0.1, 0.15) is 12.0 Å². The number of hydroxylamine groups is 4. The maximum absolute atomic E-state index is 11.8. The van der Waals surface area contributed by atoms with Crippen molar-refractivity contribution in [2.24, 2.45) is 5.92 Å². The monoisotopic (exact) mass is 309 g/mol. The van der Waals surface area contributed by atoms with Crippen molar-refractivity contribution >= 4 is 23.9 Å². The van der Waals surface area contributed by atoms with Gasteiger partial charge in [0, 0.05) is 0 Å². The second-order valence-electron chi connectivity index (χ2n) is 4.50. The third kappa shape index (κ3) is 2.95. The SMILES string of the molecule is O=C([O-])O[N+]1(O)C(=O)CC(C(=O)OCc2ccccc2)C1=O. The highest BCUT2D eigenvalue weighted by molar-refractivity contribution is 6.04. The maximum Gasteiger partial charge on any atom is 0.400 e. The number of carbonyl (C=O) groups excluding carboxylic acids is 4. The average Bonchev–Trinajstić information content (AvgIpc) is 2.69. The molecule has 0 bridgehead atoms. The van der Waals surface area contributed by atoms with Crippen LogP contribution >= 0.6 is 0 Å². The Labute approximate surface area is 123 Å². The number of rotatable bonds is 4. The van der Waals surface area contributed by atoms with E-state index in [0.717, 1.165) is 0 Å². The van der Waals surface area contributed by atoms with E-state index in [4.69, 9.17) is 4.74 Å². The molecule has 1 N–H and O–H groups in total. The number of hydrogen-bond donors (Lipinski definition) is 1. The fraction of sp³-hybridized carbons (Fsp3) is 0.231. The van der Waals surface area contributed by atoms with E-state index in [1.165, 1.54) is 0 Å². The van der Waals surface area contributed by atoms with Gasteiger partial charge in [-0.1, -0.05) is 30.3 Å². The van der Waals surface area contributed by atoms with E-state index in [1.54, 1.807) is 30.3 Å². The van der Waals surface area contributed by atoms with Crippen LogP contribution in [-0.2, 0) is 30.6 Å². The van der Waals surface area contributed by atoms with E-state index >= 15 is 0 Å². The van der Waals surface area contributed by atoms with E-state index in [2.05, 4.69) is 4.84 Å². The van der Waals surface area contributed by atoms with Crippen LogP contribution < -0.4 is 5.11 Å². The fourth-order valence-electron chi connectivity index (χ4n) is 1.94. The molecule has 1 heterocycles. The first-order valence-electron chi connectivity index (χ1n) is 6.15. The van der Waals surface area contributed by atoms with Crippen LogP contribution in [0.2, 0.25) is 0 Å². The molecule has 1 aliphatic rings. The quantitative estimate of drug-likeness (QED) is 0.254. The lowest BCUT2D eigenvalue weighted by atomic mass is 10.1. The number of ether oxygens (including phenoxy) is 1. The number of benzene rings is 1. The third-order valence-electron chi connectivity index (χ3n) is 3.03. The lowest BCUT2D eigenvalue weighted by Gasteiger charge is -2.20. The zero-order chi connectivity index (χ0) is 16.3. The summed E-state index contributed by atoms with van der Waals surface area (Å²) in [7, 11) is 0. The molecule has 116 valence electrons. The molecule has 1 aromatic rings. The van der Waals surface area contributed by atoms with Crippen molar-refractivity contribution in [1.82, 2.24) is 0 Å². The van der Waals surface area contributed by atoms with E-state index < -0.39 is 41.1 Å². The van der Waals surface area contributed by atoms with Crippen LogP contribution in [0.15, 0.2) is 30.3 Å². The van der Waals surface area contributed by atoms with Gasteiger partial charge in [-0.05, 0) is 5.56 Å². The van der Waals surface area contributed by atoms with Crippen molar-refractivity contribution < 1.29 is 43.9 Å². The van der Waals surface area contributed by atoms with E-state index in [1.807, 2.05) is 0 Å². The van der Waals surface area contributed by atoms with Gasteiger partial charge in [0.1, 0.15) is 6.61 Å². The normalized spacial score (nSPS) is 24.1. The summed E-state index contributed by atoms with van der Waals surface area (Å²) in [6.07, 6.45) is -3.00. The number of esters is 1. The first-order chi connectivity index (χ1) is 10.3. The molecule has 2 amide bonds. The topological polar surface area (TPSA) is 130 Å². The summed E-state index contributed by atoms with van der Waals surface area (Å²) in [5, 5.41) is 19.9. The molecule has 0 spiro atoms. The van der Waals surface area contributed by atoms with Crippen molar-refractivity contribution in [3.63, 3.8) is 0 Å². The van der Waals surface area contributed by atoms with Gasteiger partial charge >= 0.3 is 23.9 Å². The Kier molecular flexibility index (Phi) is 4.20. The standard InChI is InChI=1S/C13H11NO8/c15-10-6-9(11(16)14(10,20)22-13(18)19)12(17)21-7-8-4-2-1-3-5-8/h1-5,9,20H,6-7H2. The molecule has 0 aliphatic carbocycles. The number of carbonyl (C=O) groups is 4. The second-order valence-corrected chi connectivity index (χ2v) is 4.50. The number of imide groups is 1. The second kappa shape index (κ2) is 5.92. The van der Waals surface area contributed by atoms with Gasteiger partial charge in [0.05, 0.1) is 11.2 Å². The van der Waals surface area contributed by atoms with Gasteiger partial charge in [0.2, 0.25) is 0 Å². The summed E-state index contributed by atoms with van der Waals surface area (Å²) in [4.78, 5) is 46.7. The van der Waals surface area contributed by atoms with Crippen LogP contribution in [0.25, 0.3) is 0 Å². The van der Waals surface area contributed by atoms with E-state index in [0.29, 0.717) is 5.56 Å². The number of quaternary nitrogens is 1. The molecule has 2 rings (SSSR count). The molecule has 9 nitrogen and oxygen atoms in total. The third-order valence-corrected chi connectivity index (χ3v) is 3.03. The number of carboxylic acid groups (broad SMARTS) is 1. The summed E-state index contributed by atoms with van der Waals surface area (Å²) in [5.74, 6) is -5.43. The number of hydrogen-bond acceptors (Lipinski definition) is 8. The number of nitrogens with zero attached hydrogens (tertiary/aromatic N) is 1. The number of amides is 2. The molecular weight excluding hydrogens is 298 g/mol. The molecule has 2 unspecified atom stereocenters. The zero-order valence-electron chi connectivity index (χ0n) is 11.1. The summed E-state index contributed by atoms with van der Waals surface area (Å²) >= 11 is 0. The predicted molar refractivity (Wildman–Crippen MR) is 62.9 cm³/mol. The molecule has 1 saturated heterocycles. The first kappa shape index (κ1) is 15.6. The smallest absolute Gasteiger partial charge is 0.400 e. The Balaban J connectivity index is 2.04. The largest absolute Gasteiger partial charge is 0.460 e. The molecular formula is C13H11NO8. The summed E-state index contributed by atoms with van der Waals surface area (Å²) in [5.41, 5.74) is 0.656. The lowest BCUT2D eigenvalue weighted by molar-refractivity contribution is -1.12. The van der Waals surface area contributed by atoms with Gasteiger partial charge in [0.15, 0.2) is 5.92 Å². The maximum atomic E-state index is 11.8. The van der Waals surface area contributed by atoms with Crippen molar-refractivity contribution in [1.29, 1.82) is 0 Å². The minimum atomic E-state index is -2.46. The van der Waals surface area contributed by atoms with E-state index in [9.17, 15) is 29.5 Å². The Bertz CT molecular complexity index is 628. The van der Waals surface area contributed by atoms with Crippen molar-refractivity contribution in [2.75, 3.05) is 0 Å². The molecule has 0 radical (unpaired) electrons. The van der Waals surface area contributed by atoms with Crippen LogP contribution in [0, 0.1) is 5.92 Å². The molecule has 22 heavy (non-hydrogen) atoms. The Morgan fingerprint density at radius 2 is 1.91 bits per heavy atom. The van der Waals surface area contributed by atoms with Crippen molar-refractivity contribution in [2.45, 2.75) is 13.0 Å². The van der Waals surface area contributed by atoms with Crippen LogP contribution in [-0.4, -0.2) is 34.0 Å². The first-order valence-corrected chi connectivity index (χ1v) is 6.15. The molecule has 1 aliphatic heterocycles. The average molecular weight is 309 g/mol. The van der Waals surface area contributed by atoms with Gasteiger partial charge in [-0.2, -0.15) is 5.21 Å². The van der Waals surface area contributed by atoms with Crippen LogP contribution in [0.5, 0.6) is 0 Å². The van der Waals surface area contributed by atoms with Gasteiger partial charge in [-0.15, -0.1) is 0 Å². The van der Waals surface area contributed by atoms with Gasteiger partial charge in [-0.25, -0.2) is 9.59 Å². The van der Waals surface area contributed by atoms with Crippen molar-refractivity contribution in [3.05, 3.63) is 35.9 Å². The summed E-state index contributed by atoms with van der Waals surface area (Å²) in [6, 6.07) is 8.56. The Morgan fingerprint density at radius 1 is 1.27 bits per heavy atom. The molecule has 0 saturated carbocycles. The highest BCUT2D eigenvalue weighted by atomic mass is 17.0. The summed E-state index contributed by atoms with van der Waals surface area (Å²) in [6.45, 7) is -0.135. The highest BCUT2D eigenvalue weighted by Gasteiger charge is 2.61. The van der Waals surface area contributed by atoms with Gasteiger partial charge < -0.3 is 19.5 Å². The lowest BCUT2D eigenvalue weighted by Crippen LogP contribution is -2.54. The Morgan fingerprint density at radius 3 is 2.50 bits per heavy atom. The fourth-order valence-corrected chi connectivity index (χ4v) is 1.94. The molecule has 1 aromatic carbocycles. The summed E-state index contributed by atoms with van der Waals surface area (Å²) < 4.78 is 4.88. The molecule has 0 aromatic heterocycles. The predicted octanol–water partition coefficient (Wildman–Crippen LogP) is -0.716. The van der Waals surface area contributed by atoms with Gasteiger partial charge in [-0.3, -0.25) is 4.79 Å². The molecule has 1 fully saturated rings. The highest BCUT2D eigenvalue weighted by Crippen LogP contribution is 2.27. The Hall–Kier alpha value is -2.78. The van der Waals surface area contributed by atoms with Crippen LogP contribution in [0.3, 0.4) is 0 Å². The molecule has 9 heteroatoms. The van der Waals surface area contributed by atoms with Crippen LogP contribution in [0.4, 0.5) is 4.79 Å². The van der Waals surface area contributed by atoms with Crippen molar-refractivity contribution in [3.8, 4) is 0 Å². The minimum Gasteiger partial charge on any atom is -0.460 e. The molecule has 2 atom stereocenters. The van der Waals surface area contributed by atoms with E-state index in [-0.39, 0.29) is 6.61 Å². The minimum absolute atomic E-state index is 0.135. The van der Waals surface area contributed by atoms with Gasteiger partial charge in [0.25, 0.3) is 0 Å². The zero-order valence-corrected chi connectivity index (χ0v) is 11.1.